The van der Waals surface area contributed by atoms with Crippen LogP contribution < -0.4 is 14.4 Å². The number of methoxy groups -OCH3 is 1. The lowest BCUT2D eigenvalue weighted by molar-refractivity contribution is -0.385. The fourth-order valence-corrected chi connectivity index (χ4v) is 5.08. The number of carbonyl (C=O) groups excluding carboxylic acids is 1. The third kappa shape index (κ3) is 12.6. The highest BCUT2D eigenvalue weighted by molar-refractivity contribution is 5.72. The molecule has 0 atom stereocenters. The summed E-state index contributed by atoms with van der Waals surface area (Å²) >= 11 is 0. The molecular formula is C37H45N5O9. The molecule has 0 bridgehead atoms. The first-order valence-electron chi connectivity index (χ1n) is 16.1. The Labute approximate surface area is 297 Å². The Morgan fingerprint density at radius 1 is 0.725 bits per heavy atom. The highest BCUT2D eigenvalue weighted by Gasteiger charge is 2.18. The third-order valence-electron chi connectivity index (χ3n) is 7.90. The molecule has 0 unspecified atom stereocenters. The summed E-state index contributed by atoms with van der Waals surface area (Å²) < 4.78 is 10.9. The number of nitro benzene ring substituents is 2. The first-order chi connectivity index (χ1) is 24.2. The number of phenols is 2. The maximum Gasteiger partial charge on any atom is 0.308 e. The Hall–Kier alpha value is -5.73. The van der Waals surface area contributed by atoms with Crippen LogP contribution in [-0.4, -0.2) is 84.2 Å². The molecule has 2 N–H and O–H groups in total. The van der Waals surface area contributed by atoms with Gasteiger partial charge in [-0.25, -0.2) is 0 Å². The van der Waals surface area contributed by atoms with E-state index in [2.05, 4.69) is 4.90 Å². The van der Waals surface area contributed by atoms with Crippen LogP contribution in [0.15, 0.2) is 78.9 Å². The van der Waals surface area contributed by atoms with Crippen LogP contribution in [0.25, 0.3) is 0 Å². The molecule has 272 valence electrons. The molecule has 0 heterocycles. The number of anilines is 1. The van der Waals surface area contributed by atoms with Gasteiger partial charge in [-0.2, -0.15) is 0 Å². The number of hydrogen-bond acceptors (Lipinski definition) is 12. The largest absolute Gasteiger partial charge is 0.508 e. The minimum Gasteiger partial charge on any atom is -0.508 e. The van der Waals surface area contributed by atoms with Gasteiger partial charge in [0.15, 0.2) is 11.5 Å². The fraction of sp³-hybridized carbons (Fsp3) is 0.324. The van der Waals surface area contributed by atoms with Crippen molar-refractivity contribution in [1.29, 1.82) is 0 Å². The maximum absolute atomic E-state index is 11.6. The van der Waals surface area contributed by atoms with Crippen molar-refractivity contribution in [3.05, 3.63) is 121 Å². The minimum atomic E-state index is -0.416. The number of phenolic OH excluding ortho intramolecular Hbond substituents is 2. The quantitative estimate of drug-likeness (QED) is 0.0491. The molecule has 4 rings (SSSR count). The van der Waals surface area contributed by atoms with Crippen molar-refractivity contribution in [1.82, 2.24) is 9.80 Å². The Morgan fingerprint density at radius 3 is 1.65 bits per heavy atom. The number of aromatic hydroxyl groups is 2. The lowest BCUT2D eigenvalue weighted by Crippen LogP contribution is -2.22. The Balaban J connectivity index is 0.000000286. The topological polar surface area (TPSA) is 172 Å². The summed E-state index contributed by atoms with van der Waals surface area (Å²) in [7, 11) is 9.29. The number of hydrogen-bond donors (Lipinski definition) is 2. The summed E-state index contributed by atoms with van der Waals surface area (Å²) in [5, 5.41) is 40.6. The van der Waals surface area contributed by atoms with E-state index in [0.29, 0.717) is 30.2 Å². The third-order valence-corrected chi connectivity index (χ3v) is 7.90. The maximum atomic E-state index is 11.6. The molecule has 0 aliphatic rings. The fourth-order valence-electron chi connectivity index (χ4n) is 5.08. The number of benzene rings is 4. The van der Waals surface area contributed by atoms with Gasteiger partial charge in [0.05, 0.1) is 17.0 Å². The first kappa shape index (κ1) is 39.7. The molecule has 0 spiro atoms. The number of likely N-dealkylation sites (N-methyl/N-ethyl adjacent to an activating group) is 2. The molecule has 0 radical (unpaired) electrons. The minimum absolute atomic E-state index is 0.0840. The summed E-state index contributed by atoms with van der Waals surface area (Å²) in [6.45, 7) is 3.88. The molecule has 14 heteroatoms. The van der Waals surface area contributed by atoms with E-state index in [1.807, 2.05) is 50.1 Å². The molecule has 0 aliphatic carbocycles. The van der Waals surface area contributed by atoms with Crippen molar-refractivity contribution in [3.8, 4) is 23.0 Å². The first-order valence-corrected chi connectivity index (χ1v) is 16.1. The molecule has 51 heavy (non-hydrogen) atoms. The highest BCUT2D eigenvalue weighted by atomic mass is 16.6. The van der Waals surface area contributed by atoms with E-state index in [1.165, 1.54) is 49.4 Å². The standard InChI is InChI=1S/C21H27N3O5.C16H18N2O4/c1-15(25)29-21-17(12-19(22(2)3)13-20(21)28-5)14-23(4)11-10-16-6-8-18(9-7-16)24(26)27;1-17(11-13-10-15(19)6-7-16(13)20)9-8-12-2-4-14(5-3-12)18(21)22/h6-9,12-13H,10-11,14H2,1-5H3;2-7,10,19-20H,8-9,11H2,1H3. The number of esters is 1. The molecule has 4 aromatic rings. The molecular weight excluding hydrogens is 658 g/mol. The molecule has 0 aromatic heterocycles. The average Bonchev–Trinajstić information content (AvgIpc) is 3.09. The van der Waals surface area contributed by atoms with Crippen LogP contribution in [0, 0.1) is 20.2 Å². The van der Waals surface area contributed by atoms with E-state index in [0.717, 1.165) is 48.3 Å². The van der Waals surface area contributed by atoms with Crippen LogP contribution in [0.5, 0.6) is 23.0 Å². The molecule has 0 saturated heterocycles. The van der Waals surface area contributed by atoms with Gasteiger partial charge in [0.2, 0.25) is 0 Å². The van der Waals surface area contributed by atoms with Gasteiger partial charge in [-0.3, -0.25) is 25.0 Å². The number of non-ortho nitro benzene ring substituents is 2. The second kappa shape index (κ2) is 18.9. The monoisotopic (exact) mass is 703 g/mol. The molecule has 4 aromatic carbocycles. The van der Waals surface area contributed by atoms with Crippen LogP contribution in [0.2, 0.25) is 0 Å². The van der Waals surface area contributed by atoms with E-state index in [4.69, 9.17) is 9.47 Å². The van der Waals surface area contributed by atoms with Gasteiger partial charge in [-0.05, 0) is 62.3 Å². The Morgan fingerprint density at radius 2 is 1.22 bits per heavy atom. The van der Waals surface area contributed by atoms with Gasteiger partial charge in [0.25, 0.3) is 11.4 Å². The second-order valence-electron chi connectivity index (χ2n) is 12.3. The molecule has 0 fully saturated rings. The normalized spacial score (nSPS) is 10.7. The van der Waals surface area contributed by atoms with E-state index in [-0.39, 0.29) is 22.9 Å². The molecule has 0 aliphatic heterocycles. The zero-order chi connectivity index (χ0) is 37.7. The van der Waals surface area contributed by atoms with Gasteiger partial charge < -0.3 is 34.4 Å². The van der Waals surface area contributed by atoms with Crippen LogP contribution in [-0.2, 0) is 30.7 Å². The van der Waals surface area contributed by atoms with Crippen molar-refractivity contribution in [2.24, 2.45) is 0 Å². The molecule has 0 saturated carbocycles. The highest BCUT2D eigenvalue weighted by Crippen LogP contribution is 2.36. The summed E-state index contributed by atoms with van der Waals surface area (Å²) in [4.78, 5) is 38.2. The zero-order valence-corrected chi connectivity index (χ0v) is 29.7. The van der Waals surface area contributed by atoms with Gasteiger partial charge in [-0.15, -0.1) is 0 Å². The SMILES string of the molecule is CN(CCc1ccc([N+](=O)[O-])cc1)Cc1cc(O)ccc1O.COc1cc(N(C)C)cc(CN(C)CCc2ccc([N+](=O)[O-])cc2)c1OC(C)=O. The number of nitrogens with zero attached hydrogens (tertiary/aromatic N) is 5. The van der Waals surface area contributed by atoms with E-state index in [9.17, 15) is 35.2 Å². The zero-order valence-electron chi connectivity index (χ0n) is 29.7. The van der Waals surface area contributed by atoms with Crippen molar-refractivity contribution in [2.75, 3.05) is 53.3 Å². The van der Waals surface area contributed by atoms with E-state index < -0.39 is 15.8 Å². The Kier molecular flexibility index (Phi) is 14.7. The summed E-state index contributed by atoms with van der Waals surface area (Å²) in [6, 6.07) is 21.3. The molecule has 0 amide bonds. The van der Waals surface area contributed by atoms with Gasteiger partial charge in [-0.1, -0.05) is 24.3 Å². The van der Waals surface area contributed by atoms with Crippen molar-refractivity contribution >= 4 is 23.0 Å². The summed E-state index contributed by atoms with van der Waals surface area (Å²) in [5.74, 6) is 0.796. The van der Waals surface area contributed by atoms with E-state index in [1.54, 1.807) is 31.4 Å². The number of rotatable bonds is 15. The second-order valence-corrected chi connectivity index (χ2v) is 12.3. The van der Waals surface area contributed by atoms with Crippen LogP contribution in [0.3, 0.4) is 0 Å². The number of carbonyl (C=O) groups is 1. The summed E-state index contributed by atoms with van der Waals surface area (Å²) in [6.07, 6.45) is 1.48. The lowest BCUT2D eigenvalue weighted by atomic mass is 10.1. The predicted octanol–water partition coefficient (Wildman–Crippen LogP) is 5.95. The van der Waals surface area contributed by atoms with Gasteiger partial charge >= 0.3 is 5.97 Å². The number of nitro groups is 2. The lowest BCUT2D eigenvalue weighted by Gasteiger charge is -2.22. The van der Waals surface area contributed by atoms with Gasteiger partial charge in [0.1, 0.15) is 11.5 Å². The van der Waals surface area contributed by atoms with Crippen LogP contribution in [0.4, 0.5) is 17.1 Å². The van der Waals surface area contributed by atoms with Crippen LogP contribution in [0.1, 0.15) is 29.2 Å². The van der Waals surface area contributed by atoms with Gasteiger partial charge in [0, 0.05) is 94.3 Å². The van der Waals surface area contributed by atoms with Crippen molar-refractivity contribution in [3.63, 3.8) is 0 Å². The van der Waals surface area contributed by atoms with Crippen molar-refractivity contribution in [2.45, 2.75) is 32.9 Å². The number of ether oxygens (including phenoxy) is 2. The summed E-state index contributed by atoms with van der Waals surface area (Å²) in [5.41, 5.74) is 4.64. The average molecular weight is 704 g/mol. The smallest absolute Gasteiger partial charge is 0.308 e. The molecule has 14 nitrogen and oxygen atoms in total. The predicted molar refractivity (Wildman–Crippen MR) is 195 cm³/mol. The van der Waals surface area contributed by atoms with Crippen molar-refractivity contribution < 1.29 is 34.3 Å². The van der Waals surface area contributed by atoms with Crippen LogP contribution >= 0.6 is 0 Å². The van der Waals surface area contributed by atoms with E-state index >= 15 is 0 Å². The Bertz CT molecular complexity index is 1780.